The van der Waals surface area contributed by atoms with Gasteiger partial charge in [0.05, 0.1) is 31.0 Å². The largest absolute Gasteiger partial charge is 0.573 e. The van der Waals surface area contributed by atoms with Crippen LogP contribution in [0.3, 0.4) is 0 Å². The predicted molar refractivity (Wildman–Crippen MR) is 132 cm³/mol. The molecule has 0 spiro atoms. The molecule has 1 heterocycles. The van der Waals surface area contributed by atoms with Crippen molar-refractivity contribution in [1.82, 2.24) is 9.55 Å². The van der Waals surface area contributed by atoms with Gasteiger partial charge in [0, 0.05) is 11.8 Å². The molecular formula is C25H22F3N3O6S. The molecule has 4 rings (SSSR count). The summed E-state index contributed by atoms with van der Waals surface area (Å²) in [4.78, 5) is 17.1. The van der Waals surface area contributed by atoms with Crippen molar-refractivity contribution in [2.75, 3.05) is 19.5 Å². The van der Waals surface area contributed by atoms with E-state index in [2.05, 4.69) is 15.0 Å². The van der Waals surface area contributed by atoms with E-state index < -0.39 is 40.2 Å². The molecular weight excluding hydrogens is 527 g/mol. The number of sulfone groups is 1. The highest BCUT2D eigenvalue weighted by molar-refractivity contribution is 7.90. The van der Waals surface area contributed by atoms with Crippen molar-refractivity contribution in [3.63, 3.8) is 0 Å². The lowest BCUT2D eigenvalue weighted by molar-refractivity contribution is -0.274. The maximum atomic E-state index is 13.5. The smallest absolute Gasteiger partial charge is 0.497 e. The van der Waals surface area contributed by atoms with Crippen molar-refractivity contribution in [1.29, 1.82) is 0 Å². The zero-order valence-electron chi connectivity index (χ0n) is 20.2. The number of aromatic nitrogens is 2. The molecule has 0 aliphatic rings. The van der Waals surface area contributed by atoms with Crippen LogP contribution < -0.4 is 19.5 Å². The molecule has 0 saturated heterocycles. The Kier molecular flexibility index (Phi) is 7.49. The summed E-state index contributed by atoms with van der Waals surface area (Å²) in [5.74, 6) is -0.675. The number of benzene rings is 3. The molecule has 0 bridgehead atoms. The maximum absolute atomic E-state index is 13.5. The summed E-state index contributed by atoms with van der Waals surface area (Å²) in [7, 11) is -1.17. The second kappa shape index (κ2) is 10.6. The molecule has 38 heavy (non-hydrogen) atoms. The number of alkyl halides is 3. The van der Waals surface area contributed by atoms with E-state index in [9.17, 15) is 26.4 Å². The Hall–Kier alpha value is -4.26. The Morgan fingerprint density at radius 2 is 1.58 bits per heavy atom. The fraction of sp³-hybridized carbons (Fsp3) is 0.200. The number of anilines is 1. The fourth-order valence-corrected chi connectivity index (χ4v) is 5.23. The number of carbonyl (C=O) groups excluding carboxylic acids is 1. The Balaban J connectivity index is 1.61. The monoisotopic (exact) mass is 549 g/mol. The van der Waals surface area contributed by atoms with E-state index in [1.54, 1.807) is 42.5 Å². The summed E-state index contributed by atoms with van der Waals surface area (Å²) < 4.78 is 79.6. The number of hydrogen-bond acceptors (Lipinski definition) is 7. The molecule has 0 saturated carbocycles. The number of rotatable bonds is 9. The third-order valence-electron chi connectivity index (χ3n) is 5.34. The summed E-state index contributed by atoms with van der Waals surface area (Å²) in [5, 5.41) is 2.23. The first kappa shape index (κ1) is 26.8. The first-order valence-electron chi connectivity index (χ1n) is 11.0. The normalized spacial score (nSPS) is 11.8. The van der Waals surface area contributed by atoms with Crippen LogP contribution in [-0.2, 0) is 26.9 Å². The predicted octanol–water partition coefficient (Wildman–Crippen LogP) is 4.56. The highest BCUT2D eigenvalue weighted by Crippen LogP contribution is 2.28. The highest BCUT2D eigenvalue weighted by Gasteiger charge is 2.31. The lowest BCUT2D eigenvalue weighted by Crippen LogP contribution is -2.22. The number of para-hydroxylation sites is 2. The van der Waals surface area contributed by atoms with Crippen LogP contribution in [0.1, 0.15) is 5.56 Å². The van der Waals surface area contributed by atoms with Crippen LogP contribution in [0.15, 0.2) is 71.9 Å². The van der Waals surface area contributed by atoms with Crippen LogP contribution in [-0.4, -0.2) is 44.5 Å². The van der Waals surface area contributed by atoms with Crippen LogP contribution >= 0.6 is 0 Å². The van der Waals surface area contributed by atoms with Crippen molar-refractivity contribution >= 4 is 32.5 Å². The van der Waals surface area contributed by atoms with Gasteiger partial charge in [-0.3, -0.25) is 4.79 Å². The molecule has 9 nitrogen and oxygen atoms in total. The fourth-order valence-electron chi connectivity index (χ4n) is 3.76. The average Bonchev–Trinajstić information content (AvgIpc) is 3.23. The Morgan fingerprint density at radius 3 is 2.18 bits per heavy atom. The minimum atomic E-state index is -4.84. The van der Waals surface area contributed by atoms with Crippen LogP contribution in [0.4, 0.5) is 18.9 Å². The Labute approximate surface area is 215 Å². The number of carbonyl (C=O) groups is 1. The zero-order valence-corrected chi connectivity index (χ0v) is 21.0. The number of methoxy groups -OCH3 is 2. The Morgan fingerprint density at radius 1 is 0.947 bits per heavy atom. The van der Waals surface area contributed by atoms with Gasteiger partial charge < -0.3 is 24.1 Å². The zero-order chi connectivity index (χ0) is 27.5. The molecule has 4 aromatic rings. The van der Waals surface area contributed by atoms with Gasteiger partial charge in [-0.25, -0.2) is 13.4 Å². The number of imidazole rings is 1. The van der Waals surface area contributed by atoms with Crippen LogP contribution in [0.5, 0.6) is 17.2 Å². The summed E-state index contributed by atoms with van der Waals surface area (Å²) in [6.07, 6.45) is -4.84. The molecule has 0 unspecified atom stereocenters. The number of ether oxygens (including phenoxy) is 3. The molecule has 1 aromatic heterocycles. The molecule has 1 amide bonds. The van der Waals surface area contributed by atoms with Gasteiger partial charge >= 0.3 is 6.36 Å². The van der Waals surface area contributed by atoms with Gasteiger partial charge in [0.25, 0.3) is 0 Å². The number of amides is 1. The van der Waals surface area contributed by atoms with Crippen LogP contribution in [0, 0.1) is 0 Å². The van der Waals surface area contributed by atoms with E-state index >= 15 is 0 Å². The van der Waals surface area contributed by atoms with E-state index in [4.69, 9.17) is 9.47 Å². The maximum Gasteiger partial charge on any atom is 0.573 e. The van der Waals surface area contributed by atoms with Crippen LogP contribution in [0.25, 0.3) is 11.0 Å². The molecule has 3 aromatic carbocycles. The van der Waals surface area contributed by atoms with Crippen molar-refractivity contribution < 1.29 is 40.6 Å². The molecule has 0 aliphatic carbocycles. The standard InChI is InChI=1S/C25H22F3N3O6S/c1-35-19-11-16(12-20(13-19)36-2)15-38(33,34)24-30-21-5-3-4-6-22(21)31(24)14-23(32)29-17-7-9-18(10-8-17)37-25(26,27)28/h3-13H,14-15H2,1-2H3,(H,29,32). The quantitative estimate of drug-likeness (QED) is 0.326. The molecule has 13 heteroatoms. The number of halogens is 3. The number of nitrogens with one attached hydrogen (secondary N) is 1. The first-order valence-corrected chi connectivity index (χ1v) is 12.7. The molecule has 1 N–H and O–H groups in total. The minimum absolute atomic E-state index is 0.196. The van der Waals surface area contributed by atoms with E-state index in [0.29, 0.717) is 28.1 Å². The third kappa shape index (κ3) is 6.35. The van der Waals surface area contributed by atoms with Gasteiger partial charge in [-0.2, -0.15) is 0 Å². The van der Waals surface area contributed by atoms with E-state index in [0.717, 1.165) is 12.1 Å². The second-order valence-corrected chi connectivity index (χ2v) is 9.95. The van der Waals surface area contributed by atoms with E-state index in [1.807, 2.05) is 0 Å². The third-order valence-corrected chi connectivity index (χ3v) is 6.92. The van der Waals surface area contributed by atoms with Crippen molar-refractivity contribution in [3.05, 3.63) is 72.3 Å². The van der Waals surface area contributed by atoms with Gasteiger partial charge in [-0.15, -0.1) is 13.2 Å². The highest BCUT2D eigenvalue weighted by atomic mass is 32.2. The van der Waals surface area contributed by atoms with Crippen LogP contribution in [0.2, 0.25) is 0 Å². The summed E-state index contributed by atoms with van der Waals surface area (Å²) in [6, 6.07) is 15.9. The lowest BCUT2D eigenvalue weighted by atomic mass is 10.2. The molecule has 0 atom stereocenters. The second-order valence-electron chi connectivity index (χ2n) is 8.07. The average molecular weight is 550 g/mol. The first-order chi connectivity index (χ1) is 18.0. The van der Waals surface area contributed by atoms with Crippen molar-refractivity contribution in [3.8, 4) is 17.2 Å². The Bertz CT molecular complexity index is 1550. The minimum Gasteiger partial charge on any atom is -0.497 e. The van der Waals surface area contributed by atoms with Gasteiger partial charge in [0.15, 0.2) is 0 Å². The van der Waals surface area contributed by atoms with Crippen molar-refractivity contribution in [2.24, 2.45) is 0 Å². The number of hydrogen-bond donors (Lipinski definition) is 1. The summed E-state index contributed by atoms with van der Waals surface area (Å²) in [5.41, 5.74) is 1.38. The molecule has 200 valence electrons. The van der Waals surface area contributed by atoms with Gasteiger partial charge in [0.2, 0.25) is 20.9 Å². The van der Waals surface area contributed by atoms with Gasteiger partial charge in [-0.1, -0.05) is 12.1 Å². The summed E-state index contributed by atoms with van der Waals surface area (Å²) >= 11 is 0. The molecule has 0 fully saturated rings. The van der Waals surface area contributed by atoms with Gasteiger partial charge in [0.1, 0.15) is 23.8 Å². The van der Waals surface area contributed by atoms with E-state index in [-0.39, 0.29) is 10.8 Å². The SMILES string of the molecule is COc1cc(CS(=O)(=O)c2nc3ccccc3n2CC(=O)Nc2ccc(OC(F)(F)F)cc2)cc(OC)c1. The number of fused-ring (bicyclic) bond motifs is 1. The number of nitrogens with zero attached hydrogens (tertiary/aromatic N) is 2. The van der Waals surface area contributed by atoms with Crippen molar-refractivity contribution in [2.45, 2.75) is 23.8 Å². The summed E-state index contributed by atoms with van der Waals surface area (Å²) in [6.45, 7) is -0.419. The molecule has 0 radical (unpaired) electrons. The lowest BCUT2D eigenvalue weighted by Gasteiger charge is -2.12. The van der Waals surface area contributed by atoms with E-state index in [1.165, 1.54) is 30.9 Å². The topological polar surface area (TPSA) is 109 Å². The molecule has 0 aliphatic heterocycles. The van der Waals surface area contributed by atoms with Gasteiger partial charge in [-0.05, 0) is 54.1 Å².